The van der Waals surface area contributed by atoms with Gasteiger partial charge in [-0.05, 0) is 37.7 Å². The van der Waals surface area contributed by atoms with E-state index in [1.807, 2.05) is 4.90 Å². The number of nitrogens with zero attached hydrogens (tertiary/aromatic N) is 3. The molecule has 3 N–H and O–H groups in total. The van der Waals surface area contributed by atoms with Crippen LogP contribution >= 0.6 is 11.3 Å². The largest absolute Gasteiger partial charge is 0.365 e. The van der Waals surface area contributed by atoms with Crippen molar-refractivity contribution in [1.82, 2.24) is 14.7 Å². The summed E-state index contributed by atoms with van der Waals surface area (Å²) in [7, 11) is 0. The average Bonchev–Trinajstić information content (AvgIpc) is 3.18. The average molecular weight is 448 g/mol. The number of nitrogens with two attached hydrogens (primary N) is 1. The molecule has 0 atom stereocenters. The summed E-state index contributed by atoms with van der Waals surface area (Å²) in [6, 6.07) is 0. The van der Waals surface area contributed by atoms with E-state index in [0.717, 1.165) is 76.9 Å². The second-order valence-electron chi connectivity index (χ2n) is 8.82. The normalized spacial score (nSPS) is 20.3. The second kappa shape index (κ2) is 10.1. The minimum absolute atomic E-state index is 0.114. The first kappa shape index (κ1) is 22.2. The monoisotopic (exact) mass is 447 g/mol. The van der Waals surface area contributed by atoms with E-state index in [4.69, 9.17) is 5.73 Å². The molecule has 0 saturated carbocycles. The molecule has 2 saturated heterocycles. The van der Waals surface area contributed by atoms with Crippen molar-refractivity contribution >= 4 is 34.1 Å². The standard InChI is InChI=1S/C22H33N5O3S/c23-21(30)20-16-6-5-7-17(16)31-22(20)24-18(28)14-25-10-12-26(13-11-25)15-19(29)27-8-3-1-2-4-9-27/h1-15H2,(H2,23,30)(H,24,28). The zero-order valence-electron chi connectivity index (χ0n) is 18.2. The second-order valence-corrected chi connectivity index (χ2v) is 9.93. The van der Waals surface area contributed by atoms with Gasteiger partial charge in [-0.3, -0.25) is 24.2 Å². The van der Waals surface area contributed by atoms with Crippen LogP contribution in [-0.2, 0) is 22.4 Å². The van der Waals surface area contributed by atoms with Gasteiger partial charge in [-0.2, -0.15) is 0 Å². The summed E-state index contributed by atoms with van der Waals surface area (Å²) in [5.74, 6) is -0.341. The number of thiophene rings is 1. The van der Waals surface area contributed by atoms with E-state index in [-0.39, 0.29) is 18.4 Å². The van der Waals surface area contributed by atoms with Gasteiger partial charge >= 0.3 is 0 Å². The van der Waals surface area contributed by atoms with Crippen molar-refractivity contribution in [2.24, 2.45) is 5.73 Å². The Morgan fingerprint density at radius 2 is 1.48 bits per heavy atom. The summed E-state index contributed by atoms with van der Waals surface area (Å²) < 4.78 is 0. The summed E-state index contributed by atoms with van der Waals surface area (Å²) in [6.07, 6.45) is 7.52. The molecule has 1 aromatic rings. The number of amides is 3. The highest BCUT2D eigenvalue weighted by Crippen LogP contribution is 2.38. The van der Waals surface area contributed by atoms with E-state index in [2.05, 4.69) is 15.1 Å². The van der Waals surface area contributed by atoms with E-state index < -0.39 is 5.91 Å². The summed E-state index contributed by atoms with van der Waals surface area (Å²) >= 11 is 1.49. The molecule has 1 aliphatic carbocycles. The van der Waals surface area contributed by atoms with Gasteiger partial charge in [-0.15, -0.1) is 11.3 Å². The fourth-order valence-electron chi connectivity index (χ4n) is 4.84. The van der Waals surface area contributed by atoms with Gasteiger partial charge in [-0.25, -0.2) is 0 Å². The van der Waals surface area contributed by atoms with Crippen LogP contribution in [0, 0.1) is 0 Å². The van der Waals surface area contributed by atoms with Gasteiger partial charge in [0, 0.05) is 44.1 Å². The summed E-state index contributed by atoms with van der Waals surface area (Å²) in [5, 5.41) is 3.52. The maximum Gasteiger partial charge on any atom is 0.251 e. The molecular weight excluding hydrogens is 414 g/mol. The van der Waals surface area contributed by atoms with Crippen LogP contribution < -0.4 is 11.1 Å². The van der Waals surface area contributed by atoms with Crippen LogP contribution in [0.5, 0.6) is 0 Å². The quantitative estimate of drug-likeness (QED) is 0.685. The van der Waals surface area contributed by atoms with E-state index in [9.17, 15) is 14.4 Å². The van der Waals surface area contributed by atoms with Gasteiger partial charge in [0.25, 0.3) is 5.91 Å². The Balaban J connectivity index is 1.23. The Morgan fingerprint density at radius 3 is 2.13 bits per heavy atom. The SMILES string of the molecule is NC(=O)c1c(NC(=O)CN2CCN(CC(=O)N3CCCCCC3)CC2)sc2c1CCC2. The molecule has 0 unspecified atom stereocenters. The van der Waals surface area contributed by atoms with Crippen LogP contribution in [0.3, 0.4) is 0 Å². The minimum atomic E-state index is -0.461. The lowest BCUT2D eigenvalue weighted by molar-refractivity contribution is -0.133. The molecule has 0 aromatic carbocycles. The smallest absolute Gasteiger partial charge is 0.251 e. The molecule has 3 heterocycles. The molecule has 0 spiro atoms. The maximum absolute atomic E-state index is 12.6. The number of rotatable bonds is 6. The molecule has 2 fully saturated rings. The Hall–Kier alpha value is -1.97. The maximum atomic E-state index is 12.6. The number of nitrogens with one attached hydrogen (secondary N) is 1. The topological polar surface area (TPSA) is 99.0 Å². The fraction of sp³-hybridized carbons (Fsp3) is 0.682. The zero-order chi connectivity index (χ0) is 21.8. The van der Waals surface area contributed by atoms with Crippen molar-refractivity contribution in [2.45, 2.75) is 44.9 Å². The highest BCUT2D eigenvalue weighted by atomic mass is 32.1. The Kier molecular flexibility index (Phi) is 7.24. The molecule has 0 bridgehead atoms. The third kappa shape index (κ3) is 5.45. The van der Waals surface area contributed by atoms with Crippen LogP contribution in [-0.4, -0.2) is 84.8 Å². The van der Waals surface area contributed by atoms with Crippen LogP contribution in [0.25, 0.3) is 0 Å². The lowest BCUT2D eigenvalue weighted by Gasteiger charge is -2.34. The molecule has 4 rings (SSSR count). The van der Waals surface area contributed by atoms with Crippen LogP contribution in [0.15, 0.2) is 0 Å². The minimum Gasteiger partial charge on any atom is -0.365 e. The van der Waals surface area contributed by atoms with Gasteiger partial charge in [0.05, 0.1) is 18.7 Å². The lowest BCUT2D eigenvalue weighted by Crippen LogP contribution is -2.51. The van der Waals surface area contributed by atoms with Crippen molar-refractivity contribution < 1.29 is 14.4 Å². The predicted molar refractivity (Wildman–Crippen MR) is 121 cm³/mol. The molecule has 8 nitrogen and oxygen atoms in total. The van der Waals surface area contributed by atoms with Gasteiger partial charge in [-0.1, -0.05) is 12.8 Å². The van der Waals surface area contributed by atoms with Gasteiger partial charge in [0.2, 0.25) is 11.8 Å². The Morgan fingerprint density at radius 1 is 0.839 bits per heavy atom. The molecule has 1 aromatic heterocycles. The molecule has 9 heteroatoms. The summed E-state index contributed by atoms with van der Waals surface area (Å²) in [5.41, 5.74) is 7.11. The zero-order valence-corrected chi connectivity index (χ0v) is 19.0. The van der Waals surface area contributed by atoms with Gasteiger partial charge < -0.3 is 16.0 Å². The number of hydrogen-bond donors (Lipinski definition) is 2. The van der Waals surface area contributed by atoms with E-state index in [1.54, 1.807) is 0 Å². The van der Waals surface area contributed by atoms with Gasteiger partial charge in [0.1, 0.15) is 5.00 Å². The van der Waals surface area contributed by atoms with Crippen molar-refractivity contribution in [1.29, 1.82) is 0 Å². The van der Waals surface area contributed by atoms with Crippen molar-refractivity contribution in [3.8, 4) is 0 Å². The third-order valence-corrected chi connectivity index (χ3v) is 7.78. The first-order chi connectivity index (χ1) is 15.0. The Bertz CT molecular complexity index is 823. The van der Waals surface area contributed by atoms with Crippen molar-refractivity contribution in [3.05, 3.63) is 16.0 Å². The number of fused-ring (bicyclic) bond motifs is 1. The highest BCUT2D eigenvalue weighted by molar-refractivity contribution is 7.17. The number of aryl methyl sites for hydroxylation is 1. The van der Waals surface area contributed by atoms with Crippen molar-refractivity contribution in [2.75, 3.05) is 57.7 Å². The molecule has 2 aliphatic heterocycles. The highest BCUT2D eigenvalue weighted by Gasteiger charge is 2.27. The number of likely N-dealkylation sites (tertiary alicyclic amines) is 1. The summed E-state index contributed by atoms with van der Waals surface area (Å²) in [6.45, 7) is 5.61. The Labute approximate surface area is 187 Å². The molecule has 3 amide bonds. The summed E-state index contributed by atoms with van der Waals surface area (Å²) in [4.78, 5) is 44.6. The van der Waals surface area contributed by atoms with Gasteiger partial charge in [0.15, 0.2) is 0 Å². The lowest BCUT2D eigenvalue weighted by atomic mass is 10.1. The number of primary amides is 1. The predicted octanol–water partition coefficient (Wildman–Crippen LogP) is 1.29. The van der Waals surface area contributed by atoms with E-state index >= 15 is 0 Å². The molecular formula is C22H33N5O3S. The molecule has 3 aliphatic rings. The number of carbonyl (C=O) groups is 3. The van der Waals surface area contributed by atoms with Crippen LogP contribution in [0.4, 0.5) is 5.00 Å². The molecule has 0 radical (unpaired) electrons. The molecule has 31 heavy (non-hydrogen) atoms. The van der Waals surface area contributed by atoms with E-state index in [1.165, 1.54) is 29.1 Å². The van der Waals surface area contributed by atoms with Crippen molar-refractivity contribution in [3.63, 3.8) is 0 Å². The van der Waals surface area contributed by atoms with E-state index in [0.29, 0.717) is 17.1 Å². The number of carbonyl (C=O) groups excluding carboxylic acids is 3. The molecule has 170 valence electrons. The number of hydrogen-bond acceptors (Lipinski definition) is 6. The number of anilines is 1. The first-order valence-corrected chi connectivity index (χ1v) is 12.3. The third-order valence-electron chi connectivity index (χ3n) is 6.57. The van der Waals surface area contributed by atoms with Crippen LogP contribution in [0.2, 0.25) is 0 Å². The first-order valence-electron chi connectivity index (χ1n) is 11.5. The van der Waals surface area contributed by atoms with Crippen LogP contribution in [0.1, 0.15) is 52.9 Å². The number of piperazine rings is 1. The fourth-order valence-corrected chi connectivity index (χ4v) is 6.15.